The highest BCUT2D eigenvalue weighted by Crippen LogP contribution is 2.60. The standard InChI is InChI=1S/C19H31ClN5O7P/c1-5-18(4,32-33(29,30)19(28,6-2)7-3)8-10-12(26)13(27)16(31-10)25-9-22-11-14(20)23-17(21)24-15(11)25/h9-10,12-13,16,26-28H,5-8H2,1-4H3,(H,29,30)(H2,21,23,24)/t10?,12-,13?,16-,18?/m1/s1. The molecule has 2 aromatic heterocycles. The molecule has 0 aliphatic carbocycles. The summed E-state index contributed by atoms with van der Waals surface area (Å²) in [6.07, 6.45) is -3.10. The number of fused-ring (bicyclic) bond motifs is 1. The van der Waals surface area contributed by atoms with Crippen LogP contribution in [0.3, 0.4) is 0 Å². The lowest BCUT2D eigenvalue weighted by atomic mass is 9.93. The van der Waals surface area contributed by atoms with Crippen LogP contribution in [-0.2, 0) is 13.8 Å². The Bertz CT molecular complexity index is 1050. The van der Waals surface area contributed by atoms with Crippen molar-refractivity contribution >= 4 is 36.3 Å². The molecular formula is C19H31ClN5O7P. The summed E-state index contributed by atoms with van der Waals surface area (Å²) >= 11 is 6.06. The van der Waals surface area contributed by atoms with Crippen molar-refractivity contribution in [2.45, 2.75) is 88.9 Å². The molecule has 0 radical (unpaired) electrons. The number of ether oxygens (including phenoxy) is 1. The van der Waals surface area contributed by atoms with Gasteiger partial charge in [0, 0.05) is 6.42 Å². The summed E-state index contributed by atoms with van der Waals surface area (Å²) in [6, 6.07) is 0. The molecule has 3 heterocycles. The molecule has 0 bridgehead atoms. The predicted octanol–water partition coefficient (Wildman–Crippen LogP) is 1.95. The number of nitrogens with two attached hydrogens (primary N) is 1. The van der Waals surface area contributed by atoms with Crippen molar-refractivity contribution < 1.29 is 34.0 Å². The SMILES string of the molecule is CCC(C)(CC1O[C@@H](n2cnc3c(Cl)nc(N)nc32)C(O)[C@@H]1O)OP(=O)(O)C(O)(CC)CC. The van der Waals surface area contributed by atoms with E-state index in [0.717, 1.165) is 0 Å². The van der Waals surface area contributed by atoms with Crippen LogP contribution in [0.5, 0.6) is 0 Å². The highest BCUT2D eigenvalue weighted by atomic mass is 35.5. The molecule has 3 rings (SSSR count). The fourth-order valence-electron chi connectivity index (χ4n) is 3.92. The van der Waals surface area contributed by atoms with Crippen LogP contribution in [0.4, 0.5) is 5.95 Å². The Morgan fingerprint density at radius 3 is 2.45 bits per heavy atom. The van der Waals surface area contributed by atoms with Gasteiger partial charge in [-0.2, -0.15) is 9.97 Å². The van der Waals surface area contributed by atoms with Gasteiger partial charge in [0.25, 0.3) is 0 Å². The van der Waals surface area contributed by atoms with Gasteiger partial charge in [0.05, 0.1) is 18.0 Å². The van der Waals surface area contributed by atoms with Crippen LogP contribution in [0.25, 0.3) is 11.2 Å². The number of halogens is 1. The summed E-state index contributed by atoms with van der Waals surface area (Å²) in [5.74, 6) is -0.0937. The van der Waals surface area contributed by atoms with Crippen LogP contribution in [0.2, 0.25) is 5.15 Å². The fraction of sp³-hybridized carbons (Fsp3) is 0.737. The number of imidazole rings is 1. The number of anilines is 1. The monoisotopic (exact) mass is 507 g/mol. The Morgan fingerprint density at radius 1 is 1.24 bits per heavy atom. The molecule has 0 amide bonds. The van der Waals surface area contributed by atoms with Crippen molar-refractivity contribution in [3.63, 3.8) is 0 Å². The second-order valence-electron chi connectivity index (χ2n) is 8.55. The predicted molar refractivity (Wildman–Crippen MR) is 120 cm³/mol. The summed E-state index contributed by atoms with van der Waals surface area (Å²) in [6.45, 7) is 6.54. The molecule has 14 heteroatoms. The minimum atomic E-state index is -4.46. The molecule has 1 saturated heterocycles. The third kappa shape index (κ3) is 4.76. The number of hydrogen-bond donors (Lipinski definition) is 5. The van der Waals surface area contributed by atoms with Crippen molar-refractivity contribution in [2.24, 2.45) is 0 Å². The van der Waals surface area contributed by atoms with Gasteiger partial charge in [0.1, 0.15) is 17.7 Å². The number of nitrogen functional groups attached to an aromatic ring is 1. The Morgan fingerprint density at radius 2 is 1.88 bits per heavy atom. The van der Waals surface area contributed by atoms with Gasteiger partial charge in [-0.05, 0) is 26.2 Å². The smallest absolute Gasteiger partial charge is 0.359 e. The molecule has 33 heavy (non-hydrogen) atoms. The lowest BCUT2D eigenvalue weighted by Gasteiger charge is -2.38. The molecule has 6 atom stereocenters. The Hall–Kier alpha value is -1.37. The first-order valence-corrected chi connectivity index (χ1v) is 12.7. The molecule has 1 aliphatic heterocycles. The van der Waals surface area contributed by atoms with Crippen molar-refractivity contribution in [1.82, 2.24) is 19.5 Å². The molecule has 4 unspecified atom stereocenters. The maximum Gasteiger partial charge on any atom is 0.359 e. The largest absolute Gasteiger partial charge is 0.388 e. The van der Waals surface area contributed by atoms with E-state index in [1.54, 1.807) is 27.7 Å². The van der Waals surface area contributed by atoms with Gasteiger partial charge < -0.3 is 35.2 Å². The second-order valence-corrected chi connectivity index (χ2v) is 11.0. The zero-order valence-corrected chi connectivity index (χ0v) is 20.6. The van der Waals surface area contributed by atoms with E-state index in [0.29, 0.717) is 0 Å². The zero-order valence-electron chi connectivity index (χ0n) is 18.9. The van der Waals surface area contributed by atoms with E-state index in [1.165, 1.54) is 10.9 Å². The summed E-state index contributed by atoms with van der Waals surface area (Å²) in [4.78, 5) is 22.6. The lowest BCUT2D eigenvalue weighted by molar-refractivity contribution is -0.0696. The van der Waals surface area contributed by atoms with Crippen LogP contribution in [-0.4, -0.2) is 69.0 Å². The van der Waals surface area contributed by atoms with Crippen LogP contribution in [0.15, 0.2) is 6.33 Å². The van der Waals surface area contributed by atoms with Gasteiger partial charge in [-0.1, -0.05) is 32.4 Å². The van der Waals surface area contributed by atoms with E-state index in [2.05, 4.69) is 15.0 Å². The van der Waals surface area contributed by atoms with E-state index in [-0.39, 0.29) is 47.9 Å². The van der Waals surface area contributed by atoms with Crippen molar-refractivity contribution in [3.05, 3.63) is 11.5 Å². The Kier molecular flexibility index (Phi) is 7.43. The first kappa shape index (κ1) is 26.2. The number of hydrogen-bond acceptors (Lipinski definition) is 10. The molecule has 0 aromatic carbocycles. The van der Waals surface area contributed by atoms with Gasteiger partial charge in [-0.3, -0.25) is 9.13 Å². The average molecular weight is 508 g/mol. The van der Waals surface area contributed by atoms with Gasteiger partial charge in [-0.25, -0.2) is 4.98 Å². The average Bonchev–Trinajstić information content (AvgIpc) is 3.28. The van der Waals surface area contributed by atoms with Gasteiger partial charge in [0.15, 0.2) is 22.4 Å². The van der Waals surface area contributed by atoms with Crippen molar-refractivity contribution in [1.29, 1.82) is 0 Å². The van der Waals surface area contributed by atoms with Crippen molar-refractivity contribution in [3.8, 4) is 0 Å². The van der Waals surface area contributed by atoms with Crippen LogP contribution >= 0.6 is 19.2 Å². The Balaban J connectivity index is 1.86. The molecule has 1 aliphatic rings. The molecule has 2 aromatic rings. The molecule has 6 N–H and O–H groups in total. The minimum Gasteiger partial charge on any atom is -0.388 e. The van der Waals surface area contributed by atoms with E-state index in [9.17, 15) is 24.8 Å². The second kappa shape index (κ2) is 9.35. The first-order chi connectivity index (χ1) is 15.3. The van der Waals surface area contributed by atoms with Gasteiger partial charge >= 0.3 is 7.60 Å². The minimum absolute atomic E-state index is 0.0294. The molecule has 186 valence electrons. The maximum atomic E-state index is 12.9. The molecular weight excluding hydrogens is 477 g/mol. The van der Waals surface area contributed by atoms with E-state index >= 15 is 0 Å². The van der Waals surface area contributed by atoms with Crippen molar-refractivity contribution in [2.75, 3.05) is 5.73 Å². The van der Waals surface area contributed by atoms with Crippen LogP contribution < -0.4 is 5.73 Å². The molecule has 0 saturated carbocycles. The quantitative estimate of drug-likeness (QED) is 0.246. The molecule has 1 fully saturated rings. The third-order valence-electron chi connectivity index (χ3n) is 6.39. The van der Waals surface area contributed by atoms with Gasteiger partial charge in [0.2, 0.25) is 5.95 Å². The zero-order chi connectivity index (χ0) is 24.8. The number of aliphatic hydroxyl groups excluding tert-OH is 2. The normalized spacial score (nSPS) is 27.5. The van der Waals surface area contributed by atoms with E-state index < -0.39 is 43.1 Å². The topological polar surface area (TPSA) is 186 Å². The van der Waals surface area contributed by atoms with E-state index in [1.807, 2.05) is 0 Å². The first-order valence-electron chi connectivity index (χ1n) is 10.7. The lowest BCUT2D eigenvalue weighted by Crippen LogP contribution is -2.40. The Labute approximate surface area is 196 Å². The summed E-state index contributed by atoms with van der Waals surface area (Å²) in [5.41, 5.74) is 4.90. The number of rotatable bonds is 9. The summed E-state index contributed by atoms with van der Waals surface area (Å²) in [7, 11) is -4.46. The van der Waals surface area contributed by atoms with Gasteiger partial charge in [-0.15, -0.1) is 0 Å². The maximum absolute atomic E-state index is 12.9. The number of aliphatic hydroxyl groups is 3. The highest BCUT2D eigenvalue weighted by molar-refractivity contribution is 7.54. The van der Waals surface area contributed by atoms with E-state index in [4.69, 9.17) is 26.6 Å². The fourth-order valence-corrected chi connectivity index (χ4v) is 5.91. The van der Waals surface area contributed by atoms with Crippen LogP contribution in [0.1, 0.15) is 59.6 Å². The molecule has 0 spiro atoms. The highest BCUT2D eigenvalue weighted by Gasteiger charge is 2.51. The number of aromatic nitrogens is 4. The molecule has 12 nitrogen and oxygen atoms in total. The van der Waals surface area contributed by atoms with Crippen LogP contribution in [0, 0.1) is 0 Å². The summed E-state index contributed by atoms with van der Waals surface area (Å²) < 4.78 is 25.9. The third-order valence-corrected chi connectivity index (χ3v) is 9.03. The number of nitrogens with zero attached hydrogens (tertiary/aromatic N) is 4. The summed E-state index contributed by atoms with van der Waals surface area (Å²) in [5, 5.41) is 30.1.